The van der Waals surface area contributed by atoms with E-state index >= 15 is 0 Å². The number of fused-ring (bicyclic) bond motifs is 1. The molecule has 5 heteroatoms. The quantitative estimate of drug-likeness (QED) is 0.479. The van der Waals surface area contributed by atoms with E-state index in [4.69, 9.17) is 4.74 Å². The summed E-state index contributed by atoms with van der Waals surface area (Å²) < 4.78 is 6.83. The molecule has 0 fully saturated rings. The smallest absolute Gasteiger partial charge is 0.316 e. The van der Waals surface area contributed by atoms with Crippen LogP contribution in [0.15, 0.2) is 29.3 Å². The zero-order valence-electron chi connectivity index (χ0n) is 10.9. The Morgan fingerprint density at radius 3 is 2.84 bits per heavy atom. The molecule has 0 aliphatic carbocycles. The fourth-order valence-corrected chi connectivity index (χ4v) is 2.96. The summed E-state index contributed by atoms with van der Waals surface area (Å²) in [7, 11) is 1.89. The van der Waals surface area contributed by atoms with Crippen molar-refractivity contribution in [3.8, 4) is 0 Å². The fourth-order valence-electron chi connectivity index (χ4n) is 2.02. The molecule has 0 saturated heterocycles. The molecule has 2 aromatic rings. The van der Waals surface area contributed by atoms with Gasteiger partial charge in [-0.2, -0.15) is 0 Å². The van der Waals surface area contributed by atoms with Crippen LogP contribution in [0.5, 0.6) is 0 Å². The number of hydrogen-bond acceptors (Lipinski definition) is 4. The summed E-state index contributed by atoms with van der Waals surface area (Å²) in [5.41, 5.74) is 1.61. The first kappa shape index (κ1) is 13.7. The number of benzene rings is 1. The summed E-state index contributed by atoms with van der Waals surface area (Å²) in [6.45, 7) is 2.14. The Bertz CT molecular complexity index is 618. The summed E-state index contributed by atoms with van der Waals surface area (Å²) in [4.78, 5) is 22.7. The summed E-state index contributed by atoms with van der Waals surface area (Å²) in [5, 5.41) is 1.70. The van der Waals surface area contributed by atoms with Gasteiger partial charge in [-0.15, -0.1) is 0 Å². The van der Waals surface area contributed by atoms with E-state index in [0.29, 0.717) is 12.2 Å². The molecule has 2 rings (SSSR count). The van der Waals surface area contributed by atoms with Crippen molar-refractivity contribution >= 4 is 34.9 Å². The van der Waals surface area contributed by atoms with Gasteiger partial charge in [0.25, 0.3) is 0 Å². The molecular weight excluding hydrogens is 262 g/mol. The van der Waals surface area contributed by atoms with E-state index in [9.17, 15) is 9.59 Å². The third-order valence-electron chi connectivity index (χ3n) is 2.84. The fraction of sp³-hybridized carbons (Fsp3) is 0.286. The largest absolute Gasteiger partial charge is 0.465 e. The molecule has 1 aromatic heterocycles. The van der Waals surface area contributed by atoms with Crippen LogP contribution >= 0.6 is 11.8 Å². The van der Waals surface area contributed by atoms with Crippen molar-refractivity contribution in [1.82, 2.24) is 4.57 Å². The minimum absolute atomic E-state index is 0.207. The molecule has 4 nitrogen and oxygen atoms in total. The lowest BCUT2D eigenvalue weighted by atomic mass is 10.2. The number of aromatic nitrogens is 1. The van der Waals surface area contributed by atoms with Gasteiger partial charge in [0, 0.05) is 18.0 Å². The van der Waals surface area contributed by atoms with Crippen molar-refractivity contribution in [2.24, 2.45) is 7.05 Å². The number of hydrogen-bond donors (Lipinski definition) is 0. The predicted octanol–water partition coefficient (Wildman–Crippen LogP) is 2.65. The molecule has 1 aromatic carbocycles. The van der Waals surface area contributed by atoms with Gasteiger partial charge in [0.2, 0.25) is 0 Å². The molecule has 0 bridgehead atoms. The number of rotatable bonds is 5. The molecule has 0 atom stereocenters. The summed E-state index contributed by atoms with van der Waals surface area (Å²) >= 11 is 1.33. The van der Waals surface area contributed by atoms with Crippen LogP contribution in [0.25, 0.3) is 10.9 Å². The third kappa shape index (κ3) is 2.66. The van der Waals surface area contributed by atoms with Gasteiger partial charge < -0.3 is 9.30 Å². The molecule has 0 spiro atoms. The van der Waals surface area contributed by atoms with Crippen LogP contribution in [0, 0.1) is 0 Å². The number of para-hydroxylation sites is 1. The minimum Gasteiger partial charge on any atom is -0.465 e. The van der Waals surface area contributed by atoms with Gasteiger partial charge in [0.05, 0.1) is 22.9 Å². The van der Waals surface area contributed by atoms with Crippen LogP contribution in [0.1, 0.15) is 17.3 Å². The van der Waals surface area contributed by atoms with Gasteiger partial charge >= 0.3 is 5.97 Å². The summed E-state index contributed by atoms with van der Waals surface area (Å²) in [6.07, 6.45) is 0.843. The van der Waals surface area contributed by atoms with E-state index in [1.165, 1.54) is 11.8 Å². The second kappa shape index (κ2) is 5.93. The Labute approximate surface area is 115 Å². The molecule has 0 unspecified atom stereocenters. The van der Waals surface area contributed by atoms with Crippen LogP contribution in [-0.4, -0.2) is 29.2 Å². The molecule has 0 amide bonds. The van der Waals surface area contributed by atoms with Gasteiger partial charge in [-0.05, 0) is 13.0 Å². The highest BCUT2D eigenvalue weighted by Gasteiger charge is 2.16. The second-order valence-electron chi connectivity index (χ2n) is 4.01. The van der Waals surface area contributed by atoms with Crippen molar-refractivity contribution < 1.29 is 14.3 Å². The summed E-state index contributed by atoms with van der Waals surface area (Å²) in [5.74, 6) is -0.0617. The Hall–Kier alpha value is -1.75. The van der Waals surface area contributed by atoms with Crippen molar-refractivity contribution in [2.45, 2.75) is 11.9 Å². The zero-order chi connectivity index (χ0) is 13.8. The Kier molecular flexibility index (Phi) is 4.27. The molecule has 0 aliphatic rings. The van der Waals surface area contributed by atoms with Gasteiger partial charge in [0.1, 0.15) is 0 Å². The maximum atomic E-state index is 11.4. The molecule has 100 valence electrons. The van der Waals surface area contributed by atoms with E-state index in [1.807, 2.05) is 35.9 Å². The lowest BCUT2D eigenvalue weighted by Crippen LogP contribution is -2.07. The molecule has 19 heavy (non-hydrogen) atoms. The maximum Gasteiger partial charge on any atom is 0.316 e. The van der Waals surface area contributed by atoms with Crippen LogP contribution in [0.2, 0.25) is 0 Å². The third-order valence-corrected chi connectivity index (χ3v) is 3.99. The van der Waals surface area contributed by atoms with E-state index in [-0.39, 0.29) is 11.7 Å². The average Bonchev–Trinajstić information content (AvgIpc) is 2.69. The van der Waals surface area contributed by atoms with Crippen LogP contribution in [0.3, 0.4) is 0 Å². The first-order valence-corrected chi connectivity index (χ1v) is 6.98. The monoisotopic (exact) mass is 277 g/mol. The zero-order valence-corrected chi connectivity index (χ0v) is 11.7. The topological polar surface area (TPSA) is 48.3 Å². The van der Waals surface area contributed by atoms with Crippen LogP contribution in [0.4, 0.5) is 0 Å². The Balaban J connectivity index is 2.34. The van der Waals surface area contributed by atoms with Crippen molar-refractivity contribution in [1.29, 1.82) is 0 Å². The van der Waals surface area contributed by atoms with Crippen molar-refractivity contribution in [3.05, 3.63) is 29.8 Å². The van der Waals surface area contributed by atoms with Gasteiger partial charge in [-0.3, -0.25) is 9.59 Å². The SMILES string of the molecule is CCOC(=O)CSc1c(C=O)c2ccccc2n1C. The summed E-state index contributed by atoms with van der Waals surface area (Å²) in [6, 6.07) is 7.69. The van der Waals surface area contributed by atoms with Gasteiger partial charge in [-0.1, -0.05) is 30.0 Å². The molecule has 0 aliphatic heterocycles. The number of carbonyl (C=O) groups excluding carboxylic acids is 2. The highest BCUT2D eigenvalue weighted by molar-refractivity contribution is 8.00. The van der Waals surface area contributed by atoms with Gasteiger partial charge in [-0.25, -0.2) is 0 Å². The molecule has 0 N–H and O–H groups in total. The highest BCUT2D eigenvalue weighted by Crippen LogP contribution is 2.31. The first-order chi connectivity index (χ1) is 9.19. The second-order valence-corrected chi connectivity index (χ2v) is 4.97. The number of thioether (sulfide) groups is 1. The number of carbonyl (C=O) groups is 2. The van der Waals surface area contributed by atoms with E-state index in [0.717, 1.165) is 22.2 Å². The van der Waals surface area contributed by atoms with Crippen LogP contribution < -0.4 is 0 Å². The standard InChI is InChI=1S/C14H15NO3S/c1-3-18-13(17)9-19-14-11(8-16)10-6-4-5-7-12(10)15(14)2/h4-8H,3,9H2,1-2H3. The number of nitrogens with zero attached hydrogens (tertiary/aromatic N) is 1. The Morgan fingerprint density at radius 2 is 2.16 bits per heavy atom. The number of aldehydes is 1. The minimum atomic E-state index is -0.269. The number of aryl methyl sites for hydroxylation is 1. The first-order valence-electron chi connectivity index (χ1n) is 6.00. The van der Waals surface area contributed by atoms with Crippen LogP contribution in [-0.2, 0) is 16.6 Å². The van der Waals surface area contributed by atoms with Gasteiger partial charge in [0.15, 0.2) is 6.29 Å². The molecular formula is C14H15NO3S. The number of ether oxygens (including phenoxy) is 1. The lowest BCUT2D eigenvalue weighted by molar-refractivity contribution is -0.139. The van der Waals surface area contributed by atoms with Crippen molar-refractivity contribution in [3.63, 3.8) is 0 Å². The average molecular weight is 277 g/mol. The van der Waals surface area contributed by atoms with E-state index < -0.39 is 0 Å². The Morgan fingerprint density at radius 1 is 1.42 bits per heavy atom. The van der Waals surface area contributed by atoms with E-state index in [1.54, 1.807) is 6.92 Å². The maximum absolute atomic E-state index is 11.4. The normalized spacial score (nSPS) is 10.6. The predicted molar refractivity (Wildman–Crippen MR) is 75.7 cm³/mol. The van der Waals surface area contributed by atoms with Crippen molar-refractivity contribution in [2.75, 3.05) is 12.4 Å². The highest BCUT2D eigenvalue weighted by atomic mass is 32.2. The van der Waals surface area contributed by atoms with E-state index in [2.05, 4.69) is 0 Å². The number of esters is 1. The molecule has 1 heterocycles. The lowest BCUT2D eigenvalue weighted by Gasteiger charge is -2.04. The molecule has 0 radical (unpaired) electrons. The molecule has 0 saturated carbocycles.